The highest BCUT2D eigenvalue weighted by Gasteiger charge is 2.28. The van der Waals surface area contributed by atoms with Crippen molar-refractivity contribution in [1.82, 2.24) is 9.88 Å². The van der Waals surface area contributed by atoms with Crippen molar-refractivity contribution in [2.24, 2.45) is 0 Å². The topological polar surface area (TPSA) is 88.3 Å². The molecule has 6 heteroatoms. The fraction of sp³-hybridized carbons (Fsp3) is 0.240. The van der Waals surface area contributed by atoms with E-state index in [1.807, 2.05) is 53.6 Å². The van der Waals surface area contributed by atoms with Crippen LogP contribution in [-0.4, -0.2) is 28.2 Å². The molecule has 0 fully saturated rings. The number of amides is 2. The van der Waals surface area contributed by atoms with E-state index in [0.29, 0.717) is 30.9 Å². The Morgan fingerprint density at radius 3 is 2.65 bits per heavy atom. The van der Waals surface area contributed by atoms with Crippen molar-refractivity contribution in [2.75, 3.05) is 17.6 Å². The summed E-state index contributed by atoms with van der Waals surface area (Å²) < 4.78 is 0. The molecule has 0 atom stereocenters. The Balaban J connectivity index is 1.26. The smallest absolute Gasteiger partial charge is 0.254 e. The highest BCUT2D eigenvalue weighted by atomic mass is 16.2. The molecule has 0 aliphatic carbocycles. The molecule has 0 bridgehead atoms. The molecular weight excluding hydrogens is 388 g/mol. The van der Waals surface area contributed by atoms with Crippen molar-refractivity contribution in [2.45, 2.75) is 32.2 Å². The first-order valence-electron chi connectivity index (χ1n) is 10.6. The highest BCUT2D eigenvalue weighted by Crippen LogP contribution is 2.32. The number of nitrogens with two attached hydrogens (primary N) is 1. The number of pyridine rings is 1. The maximum Gasteiger partial charge on any atom is 0.254 e. The molecule has 0 saturated carbocycles. The Morgan fingerprint density at radius 1 is 1.00 bits per heavy atom. The molecule has 0 unspecified atom stereocenters. The second-order valence-electron chi connectivity index (χ2n) is 7.75. The number of nitrogen functional groups attached to an aromatic ring is 1. The first-order chi connectivity index (χ1) is 15.1. The SMILES string of the molecule is Nc1ccccc1NC(=O)CCCCCN1Cc2c(cccc2-c2cccnc2)C1=O. The number of anilines is 2. The lowest BCUT2D eigenvalue weighted by Gasteiger charge is -2.15. The molecule has 1 aliphatic rings. The summed E-state index contributed by atoms with van der Waals surface area (Å²) in [6, 6.07) is 17.0. The minimum Gasteiger partial charge on any atom is -0.397 e. The molecule has 1 aromatic heterocycles. The molecule has 2 aromatic carbocycles. The van der Waals surface area contributed by atoms with Gasteiger partial charge in [-0.25, -0.2) is 0 Å². The van der Waals surface area contributed by atoms with Crippen LogP contribution in [0.25, 0.3) is 11.1 Å². The Kier molecular flexibility index (Phi) is 6.26. The molecule has 2 amide bonds. The number of fused-ring (bicyclic) bond motifs is 1. The first kappa shape index (κ1) is 20.6. The van der Waals surface area contributed by atoms with Crippen LogP contribution in [0.5, 0.6) is 0 Å². The van der Waals surface area contributed by atoms with Crippen LogP contribution in [0.3, 0.4) is 0 Å². The van der Waals surface area contributed by atoms with E-state index in [0.717, 1.165) is 41.5 Å². The number of unbranched alkanes of at least 4 members (excludes halogenated alkanes) is 2. The number of aromatic nitrogens is 1. The molecule has 6 nitrogen and oxygen atoms in total. The lowest BCUT2D eigenvalue weighted by Crippen LogP contribution is -2.25. The quantitative estimate of drug-likeness (QED) is 0.420. The fourth-order valence-electron chi connectivity index (χ4n) is 3.95. The Bertz CT molecular complexity index is 1080. The zero-order valence-corrected chi connectivity index (χ0v) is 17.4. The van der Waals surface area contributed by atoms with Crippen molar-refractivity contribution in [3.8, 4) is 11.1 Å². The maximum atomic E-state index is 12.8. The summed E-state index contributed by atoms with van der Waals surface area (Å²) in [4.78, 5) is 31.0. The van der Waals surface area contributed by atoms with Crippen LogP contribution < -0.4 is 11.1 Å². The Morgan fingerprint density at radius 2 is 1.84 bits per heavy atom. The predicted octanol–water partition coefficient (Wildman–Crippen LogP) is 4.49. The van der Waals surface area contributed by atoms with Crippen molar-refractivity contribution in [3.63, 3.8) is 0 Å². The summed E-state index contributed by atoms with van der Waals surface area (Å²) in [6.45, 7) is 1.31. The van der Waals surface area contributed by atoms with E-state index in [-0.39, 0.29) is 11.8 Å². The second-order valence-corrected chi connectivity index (χ2v) is 7.75. The van der Waals surface area contributed by atoms with Crippen LogP contribution in [0.15, 0.2) is 67.0 Å². The third-order valence-electron chi connectivity index (χ3n) is 5.58. The number of nitrogens with one attached hydrogen (secondary N) is 1. The van der Waals surface area contributed by atoms with Crippen LogP contribution in [-0.2, 0) is 11.3 Å². The molecule has 0 radical (unpaired) electrons. The molecule has 1 aliphatic heterocycles. The van der Waals surface area contributed by atoms with Gasteiger partial charge in [0.25, 0.3) is 5.91 Å². The van der Waals surface area contributed by atoms with E-state index in [1.54, 1.807) is 18.3 Å². The van der Waals surface area contributed by atoms with Gasteiger partial charge in [0.1, 0.15) is 0 Å². The van der Waals surface area contributed by atoms with E-state index in [9.17, 15) is 9.59 Å². The number of carbonyl (C=O) groups excluding carboxylic acids is 2. The van der Waals surface area contributed by atoms with E-state index in [2.05, 4.69) is 10.3 Å². The minimum absolute atomic E-state index is 0.0383. The molecule has 0 spiro atoms. The van der Waals surface area contributed by atoms with Crippen LogP contribution in [0, 0.1) is 0 Å². The number of carbonyl (C=O) groups is 2. The number of hydrogen-bond donors (Lipinski definition) is 2. The van der Waals surface area contributed by atoms with Crippen molar-refractivity contribution in [3.05, 3.63) is 78.1 Å². The zero-order chi connectivity index (χ0) is 21.6. The highest BCUT2D eigenvalue weighted by molar-refractivity contribution is 6.00. The molecule has 158 valence electrons. The summed E-state index contributed by atoms with van der Waals surface area (Å²) in [5, 5.41) is 2.85. The number of hydrogen-bond acceptors (Lipinski definition) is 4. The van der Waals surface area contributed by atoms with Crippen LogP contribution >= 0.6 is 0 Å². The van der Waals surface area contributed by atoms with Gasteiger partial charge >= 0.3 is 0 Å². The summed E-state index contributed by atoms with van der Waals surface area (Å²) in [7, 11) is 0. The van der Waals surface area contributed by atoms with Crippen molar-refractivity contribution < 1.29 is 9.59 Å². The lowest BCUT2D eigenvalue weighted by atomic mass is 9.98. The van der Waals surface area contributed by atoms with Gasteiger partial charge < -0.3 is 16.0 Å². The molecule has 3 N–H and O–H groups in total. The molecule has 3 aromatic rings. The number of rotatable bonds is 8. The average Bonchev–Trinajstić information content (AvgIpc) is 3.11. The van der Waals surface area contributed by atoms with Crippen LogP contribution in [0.2, 0.25) is 0 Å². The van der Waals surface area contributed by atoms with Gasteiger partial charge in [0.05, 0.1) is 11.4 Å². The Labute approximate surface area is 182 Å². The summed E-state index contributed by atoms with van der Waals surface area (Å²) in [5.41, 5.74) is 11.0. The third kappa shape index (κ3) is 4.74. The monoisotopic (exact) mass is 414 g/mol. The summed E-state index contributed by atoms with van der Waals surface area (Å²) >= 11 is 0. The van der Waals surface area contributed by atoms with Crippen LogP contribution in [0.4, 0.5) is 11.4 Å². The molecule has 31 heavy (non-hydrogen) atoms. The van der Waals surface area contributed by atoms with E-state index in [4.69, 9.17) is 5.73 Å². The van der Waals surface area contributed by atoms with Gasteiger partial charge in [-0.2, -0.15) is 0 Å². The normalized spacial score (nSPS) is 12.6. The Hall–Kier alpha value is -3.67. The number of benzene rings is 2. The van der Waals surface area contributed by atoms with Gasteiger partial charge in [0.15, 0.2) is 0 Å². The fourth-order valence-corrected chi connectivity index (χ4v) is 3.95. The van der Waals surface area contributed by atoms with Gasteiger partial charge in [0.2, 0.25) is 5.91 Å². The van der Waals surface area contributed by atoms with E-state index < -0.39 is 0 Å². The largest absolute Gasteiger partial charge is 0.397 e. The van der Waals surface area contributed by atoms with Gasteiger partial charge in [-0.3, -0.25) is 14.6 Å². The van der Waals surface area contributed by atoms with E-state index in [1.165, 1.54) is 0 Å². The lowest BCUT2D eigenvalue weighted by molar-refractivity contribution is -0.116. The van der Waals surface area contributed by atoms with Gasteiger partial charge in [0, 0.05) is 43.0 Å². The maximum absolute atomic E-state index is 12.8. The standard InChI is InChI=1S/C25H26N4O2/c26-22-11-3-4-12-23(22)28-24(30)13-2-1-5-15-29-17-21-19(18-8-7-14-27-16-18)9-6-10-20(21)25(29)31/h3-4,6-12,14,16H,1-2,5,13,15,17,26H2,(H,28,30). The van der Waals surface area contributed by atoms with Crippen LogP contribution in [0.1, 0.15) is 41.6 Å². The zero-order valence-electron chi connectivity index (χ0n) is 17.4. The molecule has 2 heterocycles. The van der Waals surface area contributed by atoms with Crippen molar-refractivity contribution in [1.29, 1.82) is 0 Å². The molecular formula is C25H26N4O2. The molecule has 0 saturated heterocycles. The average molecular weight is 415 g/mol. The molecule has 4 rings (SSSR count). The third-order valence-corrected chi connectivity index (χ3v) is 5.58. The first-order valence-corrected chi connectivity index (χ1v) is 10.6. The minimum atomic E-state index is -0.0383. The number of para-hydroxylation sites is 2. The van der Waals surface area contributed by atoms with Gasteiger partial charge in [-0.05, 0) is 48.2 Å². The van der Waals surface area contributed by atoms with Gasteiger partial charge in [-0.15, -0.1) is 0 Å². The summed E-state index contributed by atoms with van der Waals surface area (Å²) in [5.74, 6) is 0.0432. The van der Waals surface area contributed by atoms with Crippen molar-refractivity contribution >= 4 is 23.2 Å². The predicted molar refractivity (Wildman–Crippen MR) is 122 cm³/mol. The second kappa shape index (κ2) is 9.43. The van der Waals surface area contributed by atoms with Gasteiger partial charge in [-0.1, -0.05) is 36.8 Å². The summed E-state index contributed by atoms with van der Waals surface area (Å²) in [6.07, 6.45) is 6.54. The van der Waals surface area contributed by atoms with E-state index >= 15 is 0 Å². The number of nitrogens with zero attached hydrogens (tertiary/aromatic N) is 2.